The number of phenolic OH excluding ortho intramolecular Hbond substituents is 4. The van der Waals surface area contributed by atoms with Gasteiger partial charge in [-0.25, -0.2) is 0 Å². The Morgan fingerprint density at radius 2 is 0.683 bits per heavy atom. The average molecular weight is 1380 g/mol. The number of aliphatic hydroxyl groups excluding tert-OH is 2. The first kappa shape index (κ1) is 66.0. The Bertz CT molecular complexity index is 5230. The lowest BCUT2D eigenvalue weighted by molar-refractivity contribution is -0.146. The number of nitrogens with one attached hydrogen (secondary N) is 3. The molecule has 4 unspecified atom stereocenters. The van der Waals surface area contributed by atoms with Gasteiger partial charge in [0.2, 0.25) is 5.91 Å². The lowest BCUT2D eigenvalue weighted by atomic mass is 9.67. The molecule has 15 heteroatoms. The summed E-state index contributed by atoms with van der Waals surface area (Å²) in [5.74, 6) is -2.49. The van der Waals surface area contributed by atoms with Crippen LogP contribution in [0.15, 0.2) is 279 Å². The van der Waals surface area contributed by atoms with Crippen LogP contribution >= 0.6 is 0 Å². The van der Waals surface area contributed by atoms with Crippen molar-refractivity contribution >= 4 is 34.6 Å². The minimum Gasteiger partial charge on any atom is -0.506 e. The topological polar surface area (TPSA) is 256 Å². The molecule has 0 fully saturated rings. The van der Waals surface area contributed by atoms with Crippen LogP contribution in [0.2, 0.25) is 0 Å². The van der Waals surface area contributed by atoms with Crippen LogP contribution in [0.5, 0.6) is 34.5 Å². The van der Waals surface area contributed by atoms with E-state index < -0.39 is 52.2 Å². The third-order valence-electron chi connectivity index (χ3n) is 21.5. The molecule has 12 N–H and O–H groups in total. The maximum atomic E-state index is 13.9. The van der Waals surface area contributed by atoms with Crippen LogP contribution in [0.25, 0.3) is 33.4 Å². The molecule has 12 aromatic rings. The number of carboxylic acids is 1. The number of amides is 1. The van der Waals surface area contributed by atoms with Crippen molar-refractivity contribution in [1.82, 2.24) is 0 Å². The quantitative estimate of drug-likeness (QED) is 0.0182. The number of anilines is 4. The molecule has 0 radical (unpaired) electrons. The van der Waals surface area contributed by atoms with Crippen LogP contribution in [0, 0.1) is 11.8 Å². The molecule has 516 valence electrons. The molecule has 0 bridgehead atoms. The SMILES string of the molecule is Nc1cc(C2(c3ccc(O)c(NCC(O)COc4ccc(C5(c6ccc(OCC(O)CNc7cc(C8(c9ccc(O)c(NC(=O)C%10CC=CCC%10C(=O)O)c9)c9ccccc9-c9ccccc98)ccc7O)cc6)c6ccccc6-c6ccccc65)cc4)c3)c3ccccc3-c3ccccc32)ccc1O. The highest BCUT2D eigenvalue weighted by Crippen LogP contribution is 2.60. The van der Waals surface area contributed by atoms with Crippen LogP contribution in [0.3, 0.4) is 0 Å². The number of hydrogen-bond acceptors (Lipinski definition) is 13. The molecular formula is C89H74N4O11. The molecule has 0 spiro atoms. The summed E-state index contributed by atoms with van der Waals surface area (Å²) in [7, 11) is 0. The van der Waals surface area contributed by atoms with Gasteiger partial charge in [0.1, 0.15) is 59.9 Å². The van der Waals surface area contributed by atoms with Gasteiger partial charge in [-0.1, -0.05) is 206 Å². The molecule has 0 saturated heterocycles. The van der Waals surface area contributed by atoms with Gasteiger partial charge in [0.25, 0.3) is 0 Å². The number of allylic oxidation sites excluding steroid dienone is 2. The second-order valence-corrected chi connectivity index (χ2v) is 27.2. The summed E-state index contributed by atoms with van der Waals surface area (Å²) in [6.45, 7) is -0.0940. The predicted molar refractivity (Wildman–Crippen MR) is 404 cm³/mol. The van der Waals surface area contributed by atoms with Crippen LogP contribution in [0.1, 0.15) is 79.6 Å². The third-order valence-corrected chi connectivity index (χ3v) is 21.5. The first-order valence-electron chi connectivity index (χ1n) is 34.8. The van der Waals surface area contributed by atoms with Crippen LogP contribution < -0.4 is 31.2 Å². The van der Waals surface area contributed by atoms with E-state index in [1.54, 1.807) is 30.3 Å². The monoisotopic (exact) mass is 1370 g/mol. The fraction of sp³-hybridized carbons (Fsp3) is 0.146. The molecule has 0 aliphatic heterocycles. The number of benzene rings is 12. The first-order valence-corrected chi connectivity index (χ1v) is 34.8. The van der Waals surface area contributed by atoms with Crippen molar-refractivity contribution in [1.29, 1.82) is 0 Å². The van der Waals surface area contributed by atoms with Crippen LogP contribution in [-0.2, 0) is 25.8 Å². The number of rotatable bonds is 21. The molecule has 12 aromatic carbocycles. The number of aliphatic hydroxyl groups is 2. The van der Waals surface area contributed by atoms with E-state index >= 15 is 0 Å². The van der Waals surface area contributed by atoms with Gasteiger partial charge < -0.3 is 66.9 Å². The van der Waals surface area contributed by atoms with Gasteiger partial charge in [0.15, 0.2) is 0 Å². The van der Waals surface area contributed by atoms with Crippen molar-refractivity contribution < 1.29 is 54.8 Å². The van der Waals surface area contributed by atoms with Gasteiger partial charge >= 0.3 is 5.97 Å². The van der Waals surface area contributed by atoms with Gasteiger partial charge in [-0.05, 0) is 186 Å². The van der Waals surface area contributed by atoms with E-state index in [9.17, 15) is 45.3 Å². The highest BCUT2D eigenvalue weighted by molar-refractivity contribution is 5.97. The zero-order valence-corrected chi connectivity index (χ0v) is 56.5. The number of hydrogen-bond donors (Lipinski definition) is 11. The number of nitrogens with two attached hydrogens (primary N) is 1. The highest BCUT2D eigenvalue weighted by Gasteiger charge is 2.50. The zero-order valence-electron chi connectivity index (χ0n) is 56.5. The van der Waals surface area contributed by atoms with Gasteiger partial charge in [-0.2, -0.15) is 0 Å². The number of aromatic hydroxyl groups is 4. The normalized spacial score (nSPS) is 16.3. The Kier molecular flexibility index (Phi) is 17.0. The Hall–Kier alpha value is -12.6. The minimum atomic E-state index is -1.06. The Morgan fingerprint density at radius 3 is 1.04 bits per heavy atom. The molecular weight excluding hydrogens is 1300 g/mol. The summed E-state index contributed by atoms with van der Waals surface area (Å²) in [4.78, 5) is 26.2. The molecule has 0 heterocycles. The average Bonchev–Trinajstić information content (AvgIpc) is 1.54. The largest absolute Gasteiger partial charge is 0.506 e. The maximum Gasteiger partial charge on any atom is 0.307 e. The van der Waals surface area contributed by atoms with Gasteiger partial charge in [0, 0.05) is 13.1 Å². The number of aliphatic carboxylic acids is 1. The number of carbonyl (C=O) groups excluding carboxylic acids is 1. The second-order valence-electron chi connectivity index (χ2n) is 27.2. The number of carbonyl (C=O) groups is 2. The molecule has 4 aliphatic rings. The number of phenols is 4. The smallest absolute Gasteiger partial charge is 0.307 e. The Morgan fingerprint density at radius 1 is 0.385 bits per heavy atom. The molecule has 104 heavy (non-hydrogen) atoms. The number of nitrogen functional groups attached to an aromatic ring is 1. The predicted octanol–water partition coefficient (Wildman–Crippen LogP) is 15.5. The van der Waals surface area contributed by atoms with Crippen LogP contribution in [-0.4, -0.2) is 86.1 Å². The van der Waals surface area contributed by atoms with Gasteiger partial charge in [-0.15, -0.1) is 0 Å². The molecule has 1 amide bonds. The van der Waals surface area contributed by atoms with Crippen molar-refractivity contribution in [2.75, 3.05) is 48.0 Å². The molecule has 4 aliphatic carbocycles. The first-order chi connectivity index (χ1) is 50.7. The van der Waals surface area contributed by atoms with Crippen molar-refractivity contribution in [2.24, 2.45) is 11.8 Å². The third kappa shape index (κ3) is 11.0. The molecule has 0 aromatic heterocycles. The standard InChI is InChI=1S/C89H74N4O11/c90-77-45-55(33-41-81(77)96)88(73-25-11-5-17-65(73)66-18-6-12-26-74(66)88)56-34-42-82(97)78(46-56)91-49-59(94)51-103-61-37-29-53(30-38-61)87(71-23-9-3-15-63(71)64-16-4-10-24-72(64)87)54-31-39-62(40-32-54)104-52-60(95)50-92-79-47-57(35-43-83(79)98)89(75-27-13-7-19-67(75)68-20-8-14-28-76(68)89)58-36-44-84(99)80(48-58)93-85(100)69-21-1-2-22-70(69)86(101)102/h1-20,23-48,59-60,69-70,91-92,94-99H,21-22,49-52,90H2,(H,93,100)(H,101,102). The lowest BCUT2D eigenvalue weighted by Crippen LogP contribution is -2.35. The van der Waals surface area contributed by atoms with E-state index in [-0.39, 0.29) is 73.5 Å². The summed E-state index contributed by atoms with van der Waals surface area (Å²) in [6.07, 6.45) is 2.02. The Labute approximate surface area is 601 Å². The lowest BCUT2D eigenvalue weighted by Gasteiger charge is -2.35. The molecule has 4 atom stereocenters. The van der Waals surface area contributed by atoms with Crippen molar-refractivity contribution in [2.45, 2.75) is 41.3 Å². The molecule has 15 nitrogen and oxygen atoms in total. The zero-order chi connectivity index (χ0) is 71.4. The van der Waals surface area contributed by atoms with E-state index in [1.807, 2.05) is 146 Å². The summed E-state index contributed by atoms with van der Waals surface area (Å²) < 4.78 is 12.6. The highest BCUT2D eigenvalue weighted by atomic mass is 16.5. The van der Waals surface area contributed by atoms with E-state index in [4.69, 9.17) is 15.2 Å². The fourth-order valence-corrected chi connectivity index (χ4v) is 16.7. The number of ether oxygens (including phenoxy) is 2. The second kappa shape index (κ2) is 26.8. The van der Waals surface area contributed by atoms with Gasteiger partial charge in [-0.3, -0.25) is 9.59 Å². The minimum absolute atomic E-state index is 0.00289. The molecule has 0 saturated carbocycles. The summed E-state index contributed by atoms with van der Waals surface area (Å²) in [5.41, 5.74) is 22.4. The maximum absolute atomic E-state index is 13.9. The van der Waals surface area contributed by atoms with Crippen molar-refractivity contribution in [3.63, 3.8) is 0 Å². The van der Waals surface area contributed by atoms with Crippen molar-refractivity contribution in [3.8, 4) is 67.9 Å². The van der Waals surface area contributed by atoms with Crippen LogP contribution in [0.4, 0.5) is 22.7 Å². The van der Waals surface area contributed by atoms with E-state index in [0.29, 0.717) is 28.4 Å². The van der Waals surface area contributed by atoms with E-state index in [0.717, 1.165) is 94.6 Å². The Balaban J connectivity index is 0.620. The summed E-state index contributed by atoms with van der Waals surface area (Å²) in [6, 6.07) is 86.5. The fourth-order valence-electron chi connectivity index (χ4n) is 16.7. The molecule has 16 rings (SSSR count). The van der Waals surface area contributed by atoms with Crippen molar-refractivity contribution in [3.05, 3.63) is 346 Å². The summed E-state index contributed by atoms with van der Waals surface area (Å²) >= 11 is 0. The van der Waals surface area contributed by atoms with E-state index in [2.05, 4.69) is 113 Å². The van der Waals surface area contributed by atoms with Gasteiger partial charge in [0.05, 0.1) is 50.8 Å². The summed E-state index contributed by atoms with van der Waals surface area (Å²) in [5, 5.41) is 87.5. The number of fused-ring (bicyclic) bond motifs is 9. The van der Waals surface area contributed by atoms with E-state index in [1.165, 1.54) is 6.07 Å². The number of carboxylic acid groups (broad SMARTS) is 1.